The summed E-state index contributed by atoms with van der Waals surface area (Å²) < 4.78 is 0. The van der Waals surface area contributed by atoms with Crippen LogP contribution in [0.3, 0.4) is 0 Å². The maximum absolute atomic E-state index is 10.7. The van der Waals surface area contributed by atoms with Gasteiger partial charge in [0, 0.05) is 30.8 Å². The van der Waals surface area contributed by atoms with Crippen LogP contribution in [0.1, 0.15) is 11.1 Å². The highest BCUT2D eigenvalue weighted by Crippen LogP contribution is 2.40. The fraction of sp³-hybridized carbons (Fsp3) is 0.143. The molecule has 0 bridgehead atoms. The van der Waals surface area contributed by atoms with Gasteiger partial charge in [-0.15, -0.1) is 0 Å². The van der Waals surface area contributed by atoms with Crippen molar-refractivity contribution in [1.82, 2.24) is 0 Å². The summed E-state index contributed by atoms with van der Waals surface area (Å²) in [6.07, 6.45) is 0. The van der Waals surface area contributed by atoms with Crippen LogP contribution in [0, 0.1) is 20.2 Å². The summed E-state index contributed by atoms with van der Waals surface area (Å²) in [4.78, 5) is 22.2. The maximum atomic E-state index is 10.7. The molecule has 0 atom stereocenters. The summed E-state index contributed by atoms with van der Waals surface area (Å²) >= 11 is 0. The van der Waals surface area contributed by atoms with E-state index in [4.69, 9.17) is 0 Å². The normalized spacial score (nSPS) is 10.4. The number of nitrogens with zero attached hydrogens (tertiary/aromatic N) is 2. The largest absolute Gasteiger partial charge is 0.264 e. The Hall–Kier alpha value is -2.06. The van der Waals surface area contributed by atoms with E-state index in [1.165, 1.54) is 21.6 Å². The van der Waals surface area contributed by atoms with Gasteiger partial charge in [0.05, 0.1) is 0 Å². The van der Waals surface area contributed by atoms with E-state index < -0.39 is 0 Å². The van der Waals surface area contributed by atoms with E-state index >= 15 is 0 Å². The zero-order chi connectivity index (χ0) is 15.9. The number of nitro groups is 2. The van der Waals surface area contributed by atoms with Crippen molar-refractivity contribution in [3.8, 4) is 0 Å². The van der Waals surface area contributed by atoms with E-state index in [0.29, 0.717) is 11.1 Å². The molecule has 0 aliphatic carbocycles. The highest BCUT2D eigenvalue weighted by molar-refractivity contribution is 8.76. The van der Waals surface area contributed by atoms with E-state index in [2.05, 4.69) is 0 Å². The molecule has 0 unspecified atom stereocenters. The first-order chi connectivity index (χ1) is 10.6. The summed E-state index contributed by atoms with van der Waals surface area (Å²) in [6, 6.07) is 14.2. The van der Waals surface area contributed by atoms with Crippen molar-refractivity contribution in [1.29, 1.82) is 0 Å². The van der Waals surface area contributed by atoms with Crippen LogP contribution < -0.4 is 0 Å². The Morgan fingerprint density at radius 1 is 0.727 bits per heavy atom. The lowest BCUT2D eigenvalue weighted by Gasteiger charge is -2.07. The average Bonchev–Trinajstić information content (AvgIpc) is 2.46. The van der Waals surface area contributed by atoms with Gasteiger partial charge in [-0.2, -0.15) is 0 Å². The van der Waals surface area contributed by atoms with E-state index in [-0.39, 0.29) is 22.9 Å². The lowest BCUT2D eigenvalue weighted by Crippen LogP contribution is -2.00. The summed E-state index contributed by atoms with van der Waals surface area (Å²) in [5.74, 6) is 0. The second-order valence-electron chi connectivity index (χ2n) is 4.36. The van der Waals surface area contributed by atoms with Gasteiger partial charge in [0.25, 0.3) is 0 Å². The molecule has 2 aromatic rings. The van der Waals surface area contributed by atoms with Crippen molar-refractivity contribution >= 4 is 21.6 Å². The minimum atomic E-state index is -0.370. The third-order valence-corrected chi connectivity index (χ3v) is 5.33. The molecule has 8 heteroatoms. The summed E-state index contributed by atoms with van der Waals surface area (Å²) in [5.41, 5.74) is 1.27. The SMILES string of the molecule is O=[N+]([O-])Cc1ccccc1SSc1ccccc1C[N+](=O)[O-]. The van der Waals surface area contributed by atoms with Gasteiger partial charge in [-0.3, -0.25) is 20.2 Å². The molecule has 0 N–H and O–H groups in total. The van der Waals surface area contributed by atoms with Gasteiger partial charge < -0.3 is 0 Å². The van der Waals surface area contributed by atoms with Crippen LogP contribution in [-0.2, 0) is 13.1 Å². The Bertz CT molecular complexity index is 635. The molecule has 0 aromatic heterocycles. The number of benzene rings is 2. The van der Waals surface area contributed by atoms with E-state index in [1.54, 1.807) is 24.3 Å². The second-order valence-corrected chi connectivity index (χ2v) is 6.58. The first kappa shape index (κ1) is 16.3. The molecule has 114 valence electrons. The van der Waals surface area contributed by atoms with Crippen molar-refractivity contribution in [3.05, 3.63) is 79.9 Å². The van der Waals surface area contributed by atoms with Gasteiger partial charge in [-0.1, -0.05) is 58.0 Å². The molecule has 0 aliphatic rings. The van der Waals surface area contributed by atoms with Crippen LogP contribution in [-0.4, -0.2) is 9.85 Å². The van der Waals surface area contributed by atoms with Crippen LogP contribution in [0.2, 0.25) is 0 Å². The summed E-state index contributed by atoms with van der Waals surface area (Å²) in [5, 5.41) is 21.4. The smallest absolute Gasteiger partial charge is 0.230 e. The molecular weight excluding hydrogens is 324 g/mol. The van der Waals surface area contributed by atoms with Crippen molar-refractivity contribution in [2.24, 2.45) is 0 Å². The highest BCUT2D eigenvalue weighted by atomic mass is 33.1. The predicted molar refractivity (Wildman–Crippen MR) is 86.0 cm³/mol. The molecule has 0 saturated heterocycles. The zero-order valence-corrected chi connectivity index (χ0v) is 13.0. The van der Waals surface area contributed by atoms with Crippen molar-refractivity contribution < 1.29 is 9.85 Å². The molecule has 0 fully saturated rings. The molecular formula is C14H12N2O4S2. The fourth-order valence-corrected chi connectivity index (χ4v) is 4.24. The molecule has 0 saturated carbocycles. The molecule has 2 aromatic carbocycles. The van der Waals surface area contributed by atoms with Crippen LogP contribution in [0.25, 0.3) is 0 Å². The average molecular weight is 336 g/mol. The molecule has 0 spiro atoms. The lowest BCUT2D eigenvalue weighted by molar-refractivity contribution is -0.497. The molecule has 0 radical (unpaired) electrons. The van der Waals surface area contributed by atoms with E-state index in [0.717, 1.165) is 9.79 Å². The molecule has 0 amide bonds. The van der Waals surface area contributed by atoms with Crippen LogP contribution in [0.15, 0.2) is 58.3 Å². The standard InChI is InChI=1S/C14H12N2O4S2/c17-15(18)9-11-5-1-3-7-13(11)21-22-14-8-4-2-6-12(14)10-16(19)20/h1-8H,9-10H2. The summed E-state index contributed by atoms with van der Waals surface area (Å²) in [7, 11) is 2.75. The molecule has 22 heavy (non-hydrogen) atoms. The molecule has 0 aliphatic heterocycles. The first-order valence-electron chi connectivity index (χ1n) is 6.30. The number of hydrogen-bond acceptors (Lipinski definition) is 6. The van der Waals surface area contributed by atoms with Crippen molar-refractivity contribution in [3.63, 3.8) is 0 Å². The van der Waals surface area contributed by atoms with Crippen LogP contribution >= 0.6 is 21.6 Å². The third-order valence-electron chi connectivity index (χ3n) is 2.77. The molecule has 6 nitrogen and oxygen atoms in total. The van der Waals surface area contributed by atoms with Gasteiger partial charge in [-0.25, -0.2) is 0 Å². The predicted octanol–water partition coefficient (Wildman–Crippen LogP) is 4.04. The summed E-state index contributed by atoms with van der Waals surface area (Å²) in [6.45, 7) is -0.472. The Balaban J connectivity index is 2.14. The minimum absolute atomic E-state index is 0.236. The van der Waals surface area contributed by atoms with E-state index in [9.17, 15) is 20.2 Å². The topological polar surface area (TPSA) is 86.3 Å². The molecule has 2 rings (SSSR count). The fourth-order valence-electron chi connectivity index (χ4n) is 1.80. The van der Waals surface area contributed by atoms with Gasteiger partial charge in [0.2, 0.25) is 13.1 Å². The van der Waals surface area contributed by atoms with Gasteiger partial charge in [0.15, 0.2) is 0 Å². The minimum Gasteiger partial charge on any atom is -0.264 e. The second kappa shape index (κ2) is 7.81. The Labute approximate surface area is 134 Å². The maximum Gasteiger partial charge on any atom is 0.230 e. The van der Waals surface area contributed by atoms with E-state index in [1.807, 2.05) is 24.3 Å². The zero-order valence-electron chi connectivity index (χ0n) is 11.4. The van der Waals surface area contributed by atoms with Gasteiger partial charge >= 0.3 is 0 Å². The quantitative estimate of drug-likeness (QED) is 0.431. The monoisotopic (exact) mass is 336 g/mol. The highest BCUT2D eigenvalue weighted by Gasteiger charge is 2.12. The van der Waals surface area contributed by atoms with Crippen LogP contribution in [0.5, 0.6) is 0 Å². The van der Waals surface area contributed by atoms with Gasteiger partial charge in [-0.05, 0) is 12.1 Å². The van der Waals surface area contributed by atoms with Gasteiger partial charge in [0.1, 0.15) is 0 Å². The third kappa shape index (κ3) is 4.74. The van der Waals surface area contributed by atoms with Crippen molar-refractivity contribution in [2.75, 3.05) is 0 Å². The van der Waals surface area contributed by atoms with Crippen molar-refractivity contribution in [2.45, 2.75) is 22.9 Å². The Morgan fingerprint density at radius 2 is 1.09 bits per heavy atom. The lowest BCUT2D eigenvalue weighted by atomic mass is 10.2. The first-order valence-corrected chi connectivity index (χ1v) is 8.45. The number of rotatable bonds is 7. The Morgan fingerprint density at radius 3 is 1.45 bits per heavy atom. The van der Waals surface area contributed by atoms with Crippen LogP contribution in [0.4, 0.5) is 0 Å². The number of hydrogen-bond donors (Lipinski definition) is 0. The Kier molecular flexibility index (Phi) is 5.79. The molecule has 0 heterocycles.